The van der Waals surface area contributed by atoms with Crippen LogP contribution < -0.4 is 10.6 Å². The summed E-state index contributed by atoms with van der Waals surface area (Å²) in [6, 6.07) is 5.21. The van der Waals surface area contributed by atoms with Crippen molar-refractivity contribution in [1.82, 2.24) is 20.4 Å². The Morgan fingerprint density at radius 2 is 2.36 bits per heavy atom. The normalized spacial score (nSPS) is 18.6. The Morgan fingerprint density at radius 1 is 1.50 bits per heavy atom. The van der Waals surface area contributed by atoms with Gasteiger partial charge < -0.3 is 10.6 Å². The molecule has 0 saturated carbocycles. The van der Waals surface area contributed by atoms with Gasteiger partial charge in [0, 0.05) is 13.6 Å². The van der Waals surface area contributed by atoms with Gasteiger partial charge in [-0.05, 0) is 36.8 Å². The van der Waals surface area contributed by atoms with Gasteiger partial charge in [0.15, 0.2) is 0 Å². The lowest BCUT2D eigenvalue weighted by Crippen LogP contribution is -2.45. The molecule has 1 fully saturated rings. The maximum absolute atomic E-state index is 12.4. The number of nitrogens with zero attached hydrogens (tertiary/aromatic N) is 2. The van der Waals surface area contributed by atoms with E-state index >= 15 is 0 Å². The summed E-state index contributed by atoms with van der Waals surface area (Å²) >= 11 is 1.58. The number of amides is 2. The van der Waals surface area contributed by atoms with Crippen LogP contribution in [0, 0.1) is 0 Å². The highest BCUT2D eigenvalue weighted by Gasteiger charge is 2.24. The molecule has 1 unspecified atom stereocenters. The second-order valence-corrected chi connectivity index (χ2v) is 6.28. The molecule has 0 aromatic carbocycles. The number of carbonyl (C=O) groups is 2. The van der Waals surface area contributed by atoms with Crippen molar-refractivity contribution in [3.05, 3.63) is 29.3 Å². The maximum Gasteiger partial charge on any atom is 0.270 e. The molecular weight excluding hydrogens is 300 g/mol. The van der Waals surface area contributed by atoms with E-state index in [4.69, 9.17) is 0 Å². The van der Waals surface area contributed by atoms with Gasteiger partial charge in [0.1, 0.15) is 17.4 Å². The topological polar surface area (TPSA) is 76.0 Å². The summed E-state index contributed by atoms with van der Waals surface area (Å²) < 4.78 is 1.55. The third kappa shape index (κ3) is 3.04. The largest absolute Gasteiger partial charge is 0.354 e. The van der Waals surface area contributed by atoms with Crippen LogP contribution in [0.15, 0.2) is 23.6 Å². The Labute approximate surface area is 132 Å². The van der Waals surface area contributed by atoms with Gasteiger partial charge in [0.2, 0.25) is 5.91 Å². The van der Waals surface area contributed by atoms with E-state index in [1.807, 2.05) is 17.5 Å². The number of aromatic nitrogens is 2. The Morgan fingerprint density at radius 3 is 3.14 bits per heavy atom. The molecule has 0 spiro atoms. The van der Waals surface area contributed by atoms with E-state index in [1.165, 1.54) is 0 Å². The first-order chi connectivity index (χ1) is 10.6. The van der Waals surface area contributed by atoms with E-state index in [-0.39, 0.29) is 11.8 Å². The molecule has 0 radical (unpaired) electrons. The summed E-state index contributed by atoms with van der Waals surface area (Å²) in [4.78, 5) is 25.4. The van der Waals surface area contributed by atoms with Gasteiger partial charge in [-0.15, -0.1) is 11.3 Å². The standard InChI is InChI=1S/C15H18N4O2S/c1-19-12(9-11(18-19)13-6-4-8-22-13)15(21)17-10-5-2-3-7-16-14(10)20/h4,6,8-10H,2-3,5,7H2,1H3,(H,16,20)(H,17,21). The zero-order valence-corrected chi connectivity index (χ0v) is 13.2. The first-order valence-electron chi connectivity index (χ1n) is 7.31. The number of thiophene rings is 1. The first kappa shape index (κ1) is 14.8. The molecule has 1 aliphatic heterocycles. The van der Waals surface area contributed by atoms with E-state index in [1.54, 1.807) is 29.1 Å². The zero-order chi connectivity index (χ0) is 15.5. The highest BCUT2D eigenvalue weighted by atomic mass is 32.1. The number of hydrogen-bond donors (Lipinski definition) is 2. The van der Waals surface area contributed by atoms with Crippen LogP contribution in [0.1, 0.15) is 29.8 Å². The third-order valence-electron chi connectivity index (χ3n) is 3.73. The molecule has 2 aromatic rings. The van der Waals surface area contributed by atoms with Crippen LogP contribution in [-0.4, -0.2) is 34.2 Å². The van der Waals surface area contributed by atoms with Crippen molar-refractivity contribution in [2.24, 2.45) is 7.05 Å². The van der Waals surface area contributed by atoms with Crippen LogP contribution >= 0.6 is 11.3 Å². The van der Waals surface area contributed by atoms with Gasteiger partial charge in [0.25, 0.3) is 5.91 Å². The third-order valence-corrected chi connectivity index (χ3v) is 4.62. The monoisotopic (exact) mass is 318 g/mol. The molecule has 3 heterocycles. The second-order valence-electron chi connectivity index (χ2n) is 5.33. The van der Waals surface area contributed by atoms with Gasteiger partial charge >= 0.3 is 0 Å². The molecule has 22 heavy (non-hydrogen) atoms. The summed E-state index contributed by atoms with van der Waals surface area (Å²) in [7, 11) is 1.74. The fourth-order valence-electron chi connectivity index (χ4n) is 2.53. The number of carbonyl (C=O) groups excluding carboxylic acids is 2. The summed E-state index contributed by atoms with van der Waals surface area (Å²) in [6.07, 6.45) is 2.55. The lowest BCUT2D eigenvalue weighted by molar-refractivity contribution is -0.122. The zero-order valence-electron chi connectivity index (χ0n) is 12.3. The molecule has 2 aromatic heterocycles. The second kappa shape index (κ2) is 6.31. The molecule has 0 aliphatic carbocycles. The molecule has 7 heteroatoms. The molecule has 3 rings (SSSR count). The molecule has 116 valence electrons. The minimum absolute atomic E-state index is 0.105. The summed E-state index contributed by atoms with van der Waals surface area (Å²) in [5.74, 6) is -0.369. The van der Waals surface area contributed by atoms with E-state index in [0.29, 0.717) is 18.7 Å². The molecule has 1 atom stereocenters. The van der Waals surface area contributed by atoms with Crippen LogP contribution in [0.25, 0.3) is 10.6 Å². The van der Waals surface area contributed by atoms with Crippen LogP contribution in [0.2, 0.25) is 0 Å². The summed E-state index contributed by atoms with van der Waals surface area (Å²) in [5.41, 5.74) is 1.23. The van der Waals surface area contributed by atoms with Gasteiger partial charge in [0.05, 0.1) is 4.88 Å². The van der Waals surface area contributed by atoms with Crippen molar-refractivity contribution >= 4 is 23.2 Å². The number of rotatable bonds is 3. The van der Waals surface area contributed by atoms with E-state index in [0.717, 1.165) is 23.4 Å². The molecule has 2 N–H and O–H groups in total. The van der Waals surface area contributed by atoms with Crippen LogP contribution in [0.5, 0.6) is 0 Å². The van der Waals surface area contributed by atoms with Crippen molar-refractivity contribution in [3.8, 4) is 10.6 Å². The Kier molecular flexibility index (Phi) is 4.24. The van der Waals surface area contributed by atoms with Crippen LogP contribution in [0.4, 0.5) is 0 Å². The molecule has 2 amide bonds. The van der Waals surface area contributed by atoms with Crippen molar-refractivity contribution < 1.29 is 9.59 Å². The van der Waals surface area contributed by atoms with E-state index < -0.39 is 6.04 Å². The predicted octanol–water partition coefficient (Wildman–Crippen LogP) is 1.55. The molecule has 1 saturated heterocycles. The van der Waals surface area contributed by atoms with Crippen molar-refractivity contribution in [3.63, 3.8) is 0 Å². The van der Waals surface area contributed by atoms with Crippen molar-refractivity contribution in [1.29, 1.82) is 0 Å². The average molecular weight is 318 g/mol. The quantitative estimate of drug-likeness (QED) is 0.901. The highest BCUT2D eigenvalue weighted by Crippen LogP contribution is 2.23. The maximum atomic E-state index is 12.4. The lowest BCUT2D eigenvalue weighted by Gasteiger charge is -2.14. The number of nitrogens with one attached hydrogen (secondary N) is 2. The first-order valence-corrected chi connectivity index (χ1v) is 8.19. The van der Waals surface area contributed by atoms with Gasteiger partial charge in [-0.25, -0.2) is 0 Å². The van der Waals surface area contributed by atoms with Gasteiger partial charge in [-0.3, -0.25) is 14.3 Å². The van der Waals surface area contributed by atoms with Crippen LogP contribution in [-0.2, 0) is 11.8 Å². The van der Waals surface area contributed by atoms with E-state index in [2.05, 4.69) is 15.7 Å². The van der Waals surface area contributed by atoms with Gasteiger partial charge in [-0.2, -0.15) is 5.10 Å². The smallest absolute Gasteiger partial charge is 0.270 e. The minimum atomic E-state index is -0.463. The SMILES string of the molecule is Cn1nc(-c2cccs2)cc1C(=O)NC1CCCCNC1=O. The molecule has 1 aliphatic rings. The Hall–Kier alpha value is -2.15. The average Bonchev–Trinajstić information content (AvgIpc) is 3.10. The minimum Gasteiger partial charge on any atom is -0.354 e. The molecule has 0 bridgehead atoms. The summed E-state index contributed by atoms with van der Waals surface area (Å²) in [6.45, 7) is 0.680. The fraction of sp³-hybridized carbons (Fsp3) is 0.400. The fourth-order valence-corrected chi connectivity index (χ4v) is 3.22. The van der Waals surface area contributed by atoms with Gasteiger partial charge in [-0.1, -0.05) is 6.07 Å². The highest BCUT2D eigenvalue weighted by molar-refractivity contribution is 7.13. The molecule has 6 nitrogen and oxygen atoms in total. The van der Waals surface area contributed by atoms with Crippen molar-refractivity contribution in [2.75, 3.05) is 6.54 Å². The predicted molar refractivity (Wildman–Crippen MR) is 84.6 cm³/mol. The van der Waals surface area contributed by atoms with E-state index in [9.17, 15) is 9.59 Å². The molecular formula is C15H18N4O2S. The summed E-state index contributed by atoms with van der Waals surface area (Å²) in [5, 5.41) is 12.0. The lowest BCUT2D eigenvalue weighted by atomic mass is 10.1. The number of hydrogen-bond acceptors (Lipinski definition) is 4. The number of aryl methyl sites for hydroxylation is 1. The van der Waals surface area contributed by atoms with Crippen LogP contribution in [0.3, 0.4) is 0 Å². The Bertz CT molecular complexity index is 678. The Balaban J connectivity index is 1.76. The van der Waals surface area contributed by atoms with Crippen molar-refractivity contribution in [2.45, 2.75) is 25.3 Å².